The SMILES string of the molecule is CCCN(CCC)[P+](N(C)C)(N(C)C)N(C)C.[Cl-]. The largest absolute Gasteiger partial charge is 1.00 e. The Hall–Kier alpha value is 0.560. The van der Waals surface area contributed by atoms with Gasteiger partial charge in [0.25, 0.3) is 0 Å². The molecule has 0 spiro atoms. The molecule has 0 atom stereocenters. The van der Waals surface area contributed by atoms with Gasteiger partial charge in [0.2, 0.25) is 0 Å². The fourth-order valence-electron chi connectivity index (χ4n) is 2.73. The van der Waals surface area contributed by atoms with E-state index in [1.165, 1.54) is 12.8 Å². The Labute approximate surface area is 121 Å². The van der Waals surface area contributed by atoms with Gasteiger partial charge in [-0.3, -0.25) is 0 Å². The molecule has 0 saturated carbocycles. The van der Waals surface area contributed by atoms with Crippen LogP contribution in [0.4, 0.5) is 0 Å². The Morgan fingerprint density at radius 2 is 0.944 bits per heavy atom. The third kappa shape index (κ3) is 4.29. The van der Waals surface area contributed by atoms with E-state index in [2.05, 4.69) is 74.8 Å². The number of hydrogen-bond acceptors (Lipinski definition) is 4. The third-order valence-electron chi connectivity index (χ3n) is 2.95. The standard InChI is InChI=1S/C12H32N4P.ClH/c1-9-11-16(12-10-2)17(13(3)4,14(5)6)15(7)8;/h9-12H2,1-8H3;1H/q+1;/p-1. The van der Waals surface area contributed by atoms with E-state index < -0.39 is 7.87 Å². The molecule has 0 saturated heterocycles. The fraction of sp³-hybridized carbons (Fsp3) is 1.00. The van der Waals surface area contributed by atoms with E-state index in [1.807, 2.05) is 0 Å². The van der Waals surface area contributed by atoms with Gasteiger partial charge in [-0.25, -0.2) is 0 Å². The molecule has 0 amide bonds. The average molecular weight is 299 g/mol. The molecule has 0 aliphatic carbocycles. The second-order valence-electron chi connectivity index (χ2n) is 5.03. The number of rotatable bonds is 8. The Kier molecular flexibility index (Phi) is 11.0. The summed E-state index contributed by atoms with van der Waals surface area (Å²) in [6.07, 6.45) is 2.41. The number of nitrogens with zero attached hydrogens (tertiary/aromatic N) is 4. The Morgan fingerprint density at radius 3 is 1.11 bits per heavy atom. The molecule has 4 nitrogen and oxygen atoms in total. The molecule has 0 fully saturated rings. The van der Waals surface area contributed by atoms with Crippen LogP contribution < -0.4 is 12.4 Å². The van der Waals surface area contributed by atoms with Gasteiger partial charge in [-0.15, -0.1) is 18.7 Å². The molecule has 0 aliphatic rings. The Balaban J connectivity index is 0. The Bertz CT molecular complexity index is 184. The van der Waals surface area contributed by atoms with Crippen molar-refractivity contribution in [2.75, 3.05) is 55.4 Å². The van der Waals surface area contributed by atoms with Crippen molar-refractivity contribution < 1.29 is 12.4 Å². The van der Waals surface area contributed by atoms with Gasteiger partial charge in [0.05, 0.1) is 0 Å². The molecule has 112 valence electrons. The minimum Gasteiger partial charge on any atom is -1.00 e. The van der Waals surface area contributed by atoms with Gasteiger partial charge in [0.1, 0.15) is 0 Å². The van der Waals surface area contributed by atoms with E-state index in [-0.39, 0.29) is 12.4 Å². The molecule has 18 heavy (non-hydrogen) atoms. The van der Waals surface area contributed by atoms with Crippen molar-refractivity contribution in [1.82, 2.24) is 18.7 Å². The average Bonchev–Trinajstić information content (AvgIpc) is 2.17. The van der Waals surface area contributed by atoms with E-state index in [9.17, 15) is 0 Å². The number of hydrogen-bond donors (Lipinski definition) is 0. The third-order valence-corrected chi connectivity index (χ3v) is 7.33. The molecule has 0 N–H and O–H groups in total. The lowest BCUT2D eigenvalue weighted by Crippen LogP contribution is -3.00. The molecule has 0 aromatic rings. The second kappa shape index (κ2) is 9.46. The van der Waals surface area contributed by atoms with E-state index in [4.69, 9.17) is 0 Å². The first-order valence-electron chi connectivity index (χ1n) is 6.53. The van der Waals surface area contributed by atoms with Crippen molar-refractivity contribution in [1.29, 1.82) is 0 Å². The van der Waals surface area contributed by atoms with E-state index in [1.54, 1.807) is 0 Å². The molecule has 0 aliphatic heterocycles. The maximum atomic E-state index is 2.66. The van der Waals surface area contributed by atoms with Crippen LogP contribution in [0.3, 0.4) is 0 Å². The van der Waals surface area contributed by atoms with Crippen LogP contribution in [0.1, 0.15) is 26.7 Å². The zero-order chi connectivity index (χ0) is 13.6. The molecule has 0 rings (SSSR count). The van der Waals surface area contributed by atoms with Gasteiger partial charge in [0.15, 0.2) is 0 Å². The molecule has 0 aromatic carbocycles. The molecule has 6 heteroatoms. The highest BCUT2D eigenvalue weighted by Gasteiger charge is 2.53. The second-order valence-corrected chi connectivity index (χ2v) is 9.07. The smallest absolute Gasteiger partial charge is 0.307 e. The highest BCUT2D eigenvalue weighted by Crippen LogP contribution is 2.66. The summed E-state index contributed by atoms with van der Waals surface area (Å²) < 4.78 is 9.86. The first-order chi connectivity index (χ1) is 7.85. The van der Waals surface area contributed by atoms with Crippen molar-refractivity contribution in [3.63, 3.8) is 0 Å². The quantitative estimate of drug-likeness (QED) is 0.559. The lowest BCUT2D eigenvalue weighted by atomic mass is 10.4. The van der Waals surface area contributed by atoms with Crippen LogP contribution in [0.5, 0.6) is 0 Å². The van der Waals surface area contributed by atoms with Crippen LogP contribution >= 0.6 is 7.87 Å². The summed E-state index contributed by atoms with van der Waals surface area (Å²) in [6.45, 7) is 6.85. The van der Waals surface area contributed by atoms with Crippen LogP contribution in [0.15, 0.2) is 0 Å². The monoisotopic (exact) mass is 298 g/mol. The fourth-order valence-corrected chi connectivity index (χ4v) is 7.33. The van der Waals surface area contributed by atoms with Crippen LogP contribution in [0, 0.1) is 0 Å². The van der Waals surface area contributed by atoms with Crippen molar-refractivity contribution in [3.05, 3.63) is 0 Å². The van der Waals surface area contributed by atoms with Crippen molar-refractivity contribution in [3.8, 4) is 0 Å². The summed E-state index contributed by atoms with van der Waals surface area (Å²) in [4.78, 5) is 0. The summed E-state index contributed by atoms with van der Waals surface area (Å²) in [5.41, 5.74) is 0. The summed E-state index contributed by atoms with van der Waals surface area (Å²) in [5, 5.41) is 0. The normalized spacial score (nSPS) is 12.7. The highest BCUT2D eigenvalue weighted by atomic mass is 35.5. The minimum absolute atomic E-state index is 0. The highest BCUT2D eigenvalue weighted by molar-refractivity contribution is 7.66. The topological polar surface area (TPSA) is 13.0 Å². The van der Waals surface area contributed by atoms with Crippen LogP contribution in [-0.2, 0) is 0 Å². The van der Waals surface area contributed by atoms with Gasteiger partial charge in [-0.1, -0.05) is 13.8 Å². The minimum atomic E-state index is -1.52. The van der Waals surface area contributed by atoms with Gasteiger partial charge >= 0.3 is 7.87 Å². The van der Waals surface area contributed by atoms with Gasteiger partial charge in [0, 0.05) is 55.4 Å². The maximum absolute atomic E-state index is 2.66. The summed E-state index contributed by atoms with van der Waals surface area (Å²) in [5.74, 6) is 0. The molecule has 0 radical (unpaired) electrons. The van der Waals surface area contributed by atoms with Crippen LogP contribution in [0.25, 0.3) is 0 Å². The van der Waals surface area contributed by atoms with Crippen LogP contribution in [0.2, 0.25) is 0 Å². The van der Waals surface area contributed by atoms with Crippen molar-refractivity contribution in [2.24, 2.45) is 0 Å². The predicted octanol–water partition coefficient (Wildman–Crippen LogP) is -0.525. The zero-order valence-corrected chi connectivity index (χ0v) is 15.1. The van der Waals surface area contributed by atoms with Gasteiger partial charge in [-0.05, 0) is 12.8 Å². The van der Waals surface area contributed by atoms with Gasteiger partial charge in [-0.2, -0.15) is 0 Å². The lowest BCUT2D eigenvalue weighted by Gasteiger charge is -2.45. The first-order valence-corrected chi connectivity index (χ1v) is 8.13. The van der Waals surface area contributed by atoms with E-state index in [0.717, 1.165) is 13.1 Å². The van der Waals surface area contributed by atoms with Gasteiger partial charge < -0.3 is 12.4 Å². The predicted molar refractivity (Wildman–Crippen MR) is 80.1 cm³/mol. The summed E-state index contributed by atoms with van der Waals surface area (Å²) >= 11 is 0. The van der Waals surface area contributed by atoms with Crippen molar-refractivity contribution in [2.45, 2.75) is 26.7 Å². The molecule has 0 unspecified atom stereocenters. The summed E-state index contributed by atoms with van der Waals surface area (Å²) in [6, 6.07) is 0. The molecule has 0 aromatic heterocycles. The maximum Gasteiger partial charge on any atom is 0.307 e. The van der Waals surface area contributed by atoms with Crippen molar-refractivity contribution >= 4 is 7.87 Å². The molecular formula is C12H32ClN4P. The first kappa shape index (κ1) is 20.9. The molecule has 0 heterocycles. The molecule has 0 bridgehead atoms. The summed E-state index contributed by atoms with van der Waals surface area (Å²) in [7, 11) is 11.7. The zero-order valence-electron chi connectivity index (χ0n) is 13.4. The lowest BCUT2D eigenvalue weighted by molar-refractivity contribution is -0.00000411. The molecular weight excluding hydrogens is 267 g/mol. The van der Waals surface area contributed by atoms with E-state index in [0.29, 0.717) is 0 Å². The Morgan fingerprint density at radius 1 is 0.667 bits per heavy atom. The number of halogens is 1. The van der Waals surface area contributed by atoms with E-state index >= 15 is 0 Å². The van der Waals surface area contributed by atoms with Crippen LogP contribution in [-0.4, -0.2) is 74.1 Å².